The first kappa shape index (κ1) is 15.6. The Hall–Kier alpha value is -2.29. The zero-order chi connectivity index (χ0) is 16.4. The lowest BCUT2D eigenvalue weighted by atomic mass is 9.92. The Morgan fingerprint density at radius 2 is 1.96 bits per heavy atom. The van der Waals surface area contributed by atoms with Crippen LogP contribution in [0.25, 0.3) is 0 Å². The molecule has 1 unspecified atom stereocenters. The van der Waals surface area contributed by atoms with Crippen LogP contribution in [0.2, 0.25) is 0 Å². The molecule has 3 rings (SSSR count). The molecule has 1 heterocycles. The third-order valence-corrected chi connectivity index (χ3v) is 4.78. The van der Waals surface area contributed by atoms with E-state index < -0.39 is 0 Å². The van der Waals surface area contributed by atoms with Crippen LogP contribution in [0.1, 0.15) is 35.6 Å². The monoisotopic (exact) mass is 309 g/mol. The molecule has 23 heavy (non-hydrogen) atoms. The molecule has 0 saturated carbocycles. The van der Waals surface area contributed by atoms with Crippen molar-refractivity contribution < 1.29 is 9.90 Å². The number of amides is 1. The van der Waals surface area contributed by atoms with E-state index >= 15 is 0 Å². The number of hydrogen-bond acceptors (Lipinski definition) is 2. The molecule has 2 aromatic rings. The first-order chi connectivity index (χ1) is 11.1. The van der Waals surface area contributed by atoms with Crippen LogP contribution in [0.3, 0.4) is 0 Å². The topological polar surface area (TPSA) is 40.5 Å². The van der Waals surface area contributed by atoms with Gasteiger partial charge < -0.3 is 10.0 Å². The highest BCUT2D eigenvalue weighted by Crippen LogP contribution is 2.26. The maximum atomic E-state index is 12.8. The highest BCUT2D eigenvalue weighted by Gasteiger charge is 2.28. The smallest absolute Gasteiger partial charge is 0.227 e. The second-order valence-electron chi connectivity index (χ2n) is 6.35. The molecular formula is C20H23NO2. The van der Waals surface area contributed by atoms with Gasteiger partial charge in [-0.25, -0.2) is 0 Å². The van der Waals surface area contributed by atoms with Gasteiger partial charge in [-0.15, -0.1) is 0 Å². The van der Waals surface area contributed by atoms with Crippen LogP contribution >= 0.6 is 0 Å². The molecule has 1 amide bonds. The van der Waals surface area contributed by atoms with Gasteiger partial charge in [-0.1, -0.05) is 43.3 Å². The summed E-state index contributed by atoms with van der Waals surface area (Å²) in [7, 11) is 0. The van der Waals surface area contributed by atoms with Gasteiger partial charge in [0, 0.05) is 12.6 Å². The summed E-state index contributed by atoms with van der Waals surface area (Å²) in [5.74, 6) is 0.390. The van der Waals surface area contributed by atoms with E-state index in [1.807, 2.05) is 30.0 Å². The summed E-state index contributed by atoms with van der Waals surface area (Å²) in [5.41, 5.74) is 4.31. The Bertz CT molecular complexity index is 723. The van der Waals surface area contributed by atoms with E-state index in [0.29, 0.717) is 13.0 Å². The van der Waals surface area contributed by atoms with Crippen molar-refractivity contribution in [3.05, 3.63) is 64.7 Å². The van der Waals surface area contributed by atoms with Gasteiger partial charge in [-0.3, -0.25) is 4.79 Å². The summed E-state index contributed by atoms with van der Waals surface area (Å²) in [5, 5.41) is 9.83. The third-order valence-electron chi connectivity index (χ3n) is 4.78. The van der Waals surface area contributed by atoms with Crippen LogP contribution in [0.15, 0.2) is 42.5 Å². The third kappa shape index (κ3) is 3.24. The van der Waals surface area contributed by atoms with E-state index in [2.05, 4.69) is 25.1 Å². The van der Waals surface area contributed by atoms with E-state index in [1.54, 1.807) is 6.07 Å². The number of rotatable bonds is 3. The maximum absolute atomic E-state index is 12.8. The zero-order valence-corrected chi connectivity index (χ0v) is 13.7. The van der Waals surface area contributed by atoms with Crippen molar-refractivity contribution in [3.8, 4) is 5.75 Å². The summed E-state index contributed by atoms with van der Waals surface area (Å²) in [4.78, 5) is 14.8. The molecule has 3 nitrogen and oxygen atoms in total. The first-order valence-electron chi connectivity index (χ1n) is 8.23. The molecule has 3 heteroatoms. The average Bonchev–Trinajstić information content (AvgIpc) is 2.57. The van der Waals surface area contributed by atoms with E-state index in [9.17, 15) is 9.90 Å². The van der Waals surface area contributed by atoms with Crippen molar-refractivity contribution in [3.63, 3.8) is 0 Å². The highest BCUT2D eigenvalue weighted by molar-refractivity contribution is 5.79. The standard InChI is InChI=1S/C20H23NO2/c1-3-18-12-16-6-4-5-7-17(16)13-21(18)20(23)11-15-9-8-14(2)19(22)10-15/h4-10,18,22H,3,11-13H2,1-2H3. The van der Waals surface area contributed by atoms with Gasteiger partial charge >= 0.3 is 0 Å². The Balaban J connectivity index is 1.79. The number of carbonyl (C=O) groups excluding carboxylic acids is 1. The predicted molar refractivity (Wildman–Crippen MR) is 91.3 cm³/mol. The van der Waals surface area contributed by atoms with E-state index in [4.69, 9.17) is 0 Å². The Labute approximate surface area is 137 Å². The summed E-state index contributed by atoms with van der Waals surface area (Å²) >= 11 is 0. The minimum absolute atomic E-state index is 0.134. The second-order valence-corrected chi connectivity index (χ2v) is 6.35. The molecule has 1 N–H and O–H groups in total. The second kappa shape index (κ2) is 6.45. The number of carbonyl (C=O) groups is 1. The molecule has 0 bridgehead atoms. The fourth-order valence-corrected chi connectivity index (χ4v) is 3.29. The number of phenols is 1. The SMILES string of the molecule is CCC1Cc2ccccc2CN1C(=O)Cc1ccc(C)c(O)c1. The zero-order valence-electron chi connectivity index (χ0n) is 13.7. The van der Waals surface area contributed by atoms with Crippen molar-refractivity contribution in [2.45, 2.75) is 45.7 Å². The lowest BCUT2D eigenvalue weighted by Crippen LogP contribution is -2.44. The molecule has 0 spiro atoms. The van der Waals surface area contributed by atoms with Crippen molar-refractivity contribution in [2.75, 3.05) is 0 Å². The first-order valence-corrected chi connectivity index (χ1v) is 8.23. The highest BCUT2D eigenvalue weighted by atomic mass is 16.3. The van der Waals surface area contributed by atoms with E-state index in [0.717, 1.165) is 24.0 Å². The van der Waals surface area contributed by atoms with Gasteiger partial charge in [0.25, 0.3) is 0 Å². The van der Waals surface area contributed by atoms with E-state index in [-0.39, 0.29) is 17.7 Å². The number of aryl methyl sites for hydroxylation is 1. The molecule has 1 aliphatic heterocycles. The average molecular weight is 309 g/mol. The van der Waals surface area contributed by atoms with Crippen LogP contribution in [0.5, 0.6) is 5.75 Å². The maximum Gasteiger partial charge on any atom is 0.227 e. The van der Waals surface area contributed by atoms with Crippen LogP contribution in [-0.2, 0) is 24.2 Å². The van der Waals surface area contributed by atoms with Crippen molar-refractivity contribution >= 4 is 5.91 Å². The largest absolute Gasteiger partial charge is 0.508 e. The quantitative estimate of drug-likeness (QED) is 0.941. The van der Waals surface area contributed by atoms with Gasteiger partial charge in [0.15, 0.2) is 0 Å². The molecule has 0 aliphatic carbocycles. The normalized spacial score (nSPS) is 17.0. The number of benzene rings is 2. The van der Waals surface area contributed by atoms with Gasteiger partial charge in [-0.05, 0) is 48.1 Å². The molecule has 1 aliphatic rings. The summed E-state index contributed by atoms with van der Waals surface area (Å²) in [6, 6.07) is 14.1. The van der Waals surface area contributed by atoms with Gasteiger partial charge in [0.2, 0.25) is 5.91 Å². The molecule has 0 aromatic heterocycles. The predicted octanol–water partition coefficient (Wildman–Crippen LogP) is 3.61. The van der Waals surface area contributed by atoms with Crippen molar-refractivity contribution in [1.29, 1.82) is 0 Å². The van der Waals surface area contributed by atoms with Gasteiger partial charge in [0.05, 0.1) is 6.42 Å². The van der Waals surface area contributed by atoms with Crippen LogP contribution in [0.4, 0.5) is 0 Å². The fourth-order valence-electron chi connectivity index (χ4n) is 3.29. The van der Waals surface area contributed by atoms with Crippen molar-refractivity contribution in [2.24, 2.45) is 0 Å². The Morgan fingerprint density at radius 1 is 1.22 bits per heavy atom. The molecule has 0 fully saturated rings. The molecule has 0 saturated heterocycles. The molecular weight excluding hydrogens is 286 g/mol. The fraction of sp³-hybridized carbons (Fsp3) is 0.350. The van der Waals surface area contributed by atoms with Crippen molar-refractivity contribution in [1.82, 2.24) is 4.90 Å². The number of phenolic OH excluding ortho intramolecular Hbond substituents is 1. The molecule has 120 valence electrons. The molecule has 2 aromatic carbocycles. The van der Waals surface area contributed by atoms with E-state index in [1.165, 1.54) is 11.1 Å². The summed E-state index contributed by atoms with van der Waals surface area (Å²) < 4.78 is 0. The lowest BCUT2D eigenvalue weighted by Gasteiger charge is -2.36. The summed E-state index contributed by atoms with van der Waals surface area (Å²) in [6.45, 7) is 4.68. The Morgan fingerprint density at radius 3 is 2.65 bits per heavy atom. The number of hydrogen-bond donors (Lipinski definition) is 1. The van der Waals surface area contributed by atoms with Crippen LogP contribution < -0.4 is 0 Å². The van der Waals surface area contributed by atoms with Crippen LogP contribution in [0, 0.1) is 6.92 Å². The van der Waals surface area contributed by atoms with Gasteiger partial charge in [-0.2, -0.15) is 0 Å². The Kier molecular flexibility index (Phi) is 4.37. The number of nitrogens with zero attached hydrogens (tertiary/aromatic N) is 1. The number of fused-ring (bicyclic) bond motifs is 1. The molecule has 0 radical (unpaired) electrons. The lowest BCUT2D eigenvalue weighted by molar-refractivity contribution is -0.134. The minimum Gasteiger partial charge on any atom is -0.508 e. The van der Waals surface area contributed by atoms with Gasteiger partial charge in [0.1, 0.15) is 5.75 Å². The minimum atomic E-state index is 0.134. The number of aromatic hydroxyl groups is 1. The van der Waals surface area contributed by atoms with Crippen LogP contribution in [-0.4, -0.2) is 22.0 Å². The molecule has 1 atom stereocenters. The summed E-state index contributed by atoms with van der Waals surface area (Å²) in [6.07, 6.45) is 2.23.